The zero-order chi connectivity index (χ0) is 13.1. The fourth-order valence-corrected chi connectivity index (χ4v) is 2.33. The molecule has 0 heterocycles. The molecule has 1 aromatic carbocycles. The van der Waals surface area contributed by atoms with E-state index in [1.54, 1.807) is 24.3 Å². The topological polar surface area (TPSA) is 57.6 Å². The highest BCUT2D eigenvalue weighted by molar-refractivity contribution is 7.89. The maximum atomic E-state index is 11.8. The minimum atomic E-state index is -3.36. The summed E-state index contributed by atoms with van der Waals surface area (Å²) in [6.45, 7) is 1.91. The Labute approximate surface area is 103 Å². The predicted octanol–water partition coefficient (Wildman–Crippen LogP) is 1.25. The molecular formula is C12H19NO3S. The quantitative estimate of drug-likeness (QED) is 0.863. The van der Waals surface area contributed by atoms with Gasteiger partial charge in [0.25, 0.3) is 0 Å². The molecule has 0 saturated heterocycles. The summed E-state index contributed by atoms with van der Waals surface area (Å²) in [5, 5.41) is 9.50. The van der Waals surface area contributed by atoms with Crippen LogP contribution in [0.2, 0.25) is 0 Å². The van der Waals surface area contributed by atoms with E-state index in [-0.39, 0.29) is 11.0 Å². The molecule has 96 valence electrons. The number of hydrogen-bond acceptors (Lipinski definition) is 3. The van der Waals surface area contributed by atoms with Crippen LogP contribution in [0.4, 0.5) is 0 Å². The minimum Gasteiger partial charge on any atom is -0.393 e. The van der Waals surface area contributed by atoms with E-state index in [1.165, 1.54) is 18.4 Å². The summed E-state index contributed by atoms with van der Waals surface area (Å²) in [4.78, 5) is 0.275. The zero-order valence-electron chi connectivity index (χ0n) is 10.4. The predicted molar refractivity (Wildman–Crippen MR) is 67.3 cm³/mol. The maximum Gasteiger partial charge on any atom is 0.242 e. The Bertz CT molecular complexity index is 451. The van der Waals surface area contributed by atoms with E-state index in [4.69, 9.17) is 0 Å². The Kier molecular flexibility index (Phi) is 4.68. The lowest BCUT2D eigenvalue weighted by atomic mass is 10.1. The van der Waals surface area contributed by atoms with Crippen molar-refractivity contribution in [2.24, 2.45) is 0 Å². The number of nitrogens with zero attached hydrogens (tertiary/aromatic N) is 1. The Morgan fingerprint density at radius 1 is 1.24 bits per heavy atom. The zero-order valence-corrected chi connectivity index (χ0v) is 11.2. The summed E-state index contributed by atoms with van der Waals surface area (Å²) in [6.07, 6.45) is 0.877. The summed E-state index contributed by atoms with van der Waals surface area (Å²) in [6, 6.07) is 6.64. The van der Waals surface area contributed by atoms with Gasteiger partial charge in [0.05, 0.1) is 11.0 Å². The molecule has 0 aliphatic heterocycles. The van der Waals surface area contributed by atoms with Gasteiger partial charge in [0, 0.05) is 14.1 Å². The minimum absolute atomic E-state index is 0.275. The molecule has 0 saturated carbocycles. The van der Waals surface area contributed by atoms with Crippen molar-refractivity contribution in [1.29, 1.82) is 0 Å². The highest BCUT2D eigenvalue weighted by Gasteiger charge is 2.16. The second-order valence-electron chi connectivity index (χ2n) is 4.20. The second-order valence-corrected chi connectivity index (χ2v) is 6.35. The number of benzene rings is 1. The van der Waals surface area contributed by atoms with Gasteiger partial charge in [-0.15, -0.1) is 0 Å². The molecule has 0 spiro atoms. The van der Waals surface area contributed by atoms with E-state index < -0.39 is 10.0 Å². The van der Waals surface area contributed by atoms with Gasteiger partial charge in [0.2, 0.25) is 10.0 Å². The molecule has 0 aliphatic carbocycles. The van der Waals surface area contributed by atoms with Gasteiger partial charge in [-0.2, -0.15) is 0 Å². The van der Waals surface area contributed by atoms with E-state index in [2.05, 4.69) is 0 Å². The molecule has 1 rings (SSSR count). The van der Waals surface area contributed by atoms with Gasteiger partial charge in [0.1, 0.15) is 0 Å². The smallest absolute Gasteiger partial charge is 0.242 e. The average molecular weight is 257 g/mol. The molecule has 0 aliphatic rings. The lowest BCUT2D eigenvalue weighted by molar-refractivity contribution is 0.171. The first-order valence-electron chi connectivity index (χ1n) is 5.57. The molecule has 0 bridgehead atoms. The molecular weight excluding hydrogens is 238 g/mol. The molecule has 0 radical (unpaired) electrons. The van der Waals surface area contributed by atoms with E-state index in [0.29, 0.717) is 12.8 Å². The van der Waals surface area contributed by atoms with Gasteiger partial charge < -0.3 is 5.11 Å². The van der Waals surface area contributed by atoms with Crippen LogP contribution in [0.5, 0.6) is 0 Å². The van der Waals surface area contributed by atoms with Crippen molar-refractivity contribution in [3.05, 3.63) is 29.8 Å². The number of aliphatic hydroxyl groups excluding tert-OH is 1. The second kappa shape index (κ2) is 5.62. The third-order valence-electron chi connectivity index (χ3n) is 2.64. The molecule has 1 N–H and O–H groups in total. The SMILES string of the molecule is CCC(O)Cc1ccc(S(=O)(=O)N(C)C)cc1. The van der Waals surface area contributed by atoms with Crippen molar-refractivity contribution >= 4 is 10.0 Å². The highest BCUT2D eigenvalue weighted by atomic mass is 32.2. The number of rotatable bonds is 5. The summed E-state index contributed by atoms with van der Waals surface area (Å²) < 4.78 is 24.8. The van der Waals surface area contributed by atoms with Crippen LogP contribution in [-0.4, -0.2) is 38.0 Å². The van der Waals surface area contributed by atoms with Crippen LogP contribution in [-0.2, 0) is 16.4 Å². The van der Waals surface area contributed by atoms with Crippen molar-refractivity contribution < 1.29 is 13.5 Å². The number of hydrogen-bond donors (Lipinski definition) is 1. The summed E-state index contributed by atoms with van der Waals surface area (Å²) in [7, 11) is -0.349. The molecule has 0 amide bonds. The van der Waals surface area contributed by atoms with E-state index in [9.17, 15) is 13.5 Å². The highest BCUT2D eigenvalue weighted by Crippen LogP contribution is 2.15. The third-order valence-corrected chi connectivity index (χ3v) is 4.47. The van der Waals surface area contributed by atoms with Gasteiger partial charge in [0.15, 0.2) is 0 Å². The van der Waals surface area contributed by atoms with Crippen LogP contribution in [0.3, 0.4) is 0 Å². The van der Waals surface area contributed by atoms with Gasteiger partial charge in [-0.1, -0.05) is 19.1 Å². The van der Waals surface area contributed by atoms with E-state index in [1.807, 2.05) is 6.92 Å². The van der Waals surface area contributed by atoms with E-state index in [0.717, 1.165) is 5.56 Å². The Morgan fingerprint density at radius 3 is 2.18 bits per heavy atom. The van der Waals surface area contributed by atoms with Crippen LogP contribution in [0.15, 0.2) is 29.2 Å². The molecule has 0 aromatic heterocycles. The van der Waals surface area contributed by atoms with Gasteiger partial charge in [-0.05, 0) is 30.5 Å². The van der Waals surface area contributed by atoms with Crippen molar-refractivity contribution in [3.63, 3.8) is 0 Å². The normalized spacial score (nSPS) is 13.9. The van der Waals surface area contributed by atoms with Crippen molar-refractivity contribution in [2.45, 2.75) is 30.8 Å². The fraction of sp³-hybridized carbons (Fsp3) is 0.500. The molecule has 5 heteroatoms. The van der Waals surface area contributed by atoms with Gasteiger partial charge in [-0.25, -0.2) is 12.7 Å². The average Bonchev–Trinajstić information content (AvgIpc) is 2.29. The van der Waals surface area contributed by atoms with Gasteiger partial charge in [-0.3, -0.25) is 0 Å². The standard InChI is InChI=1S/C12H19NO3S/c1-4-11(14)9-10-5-7-12(8-6-10)17(15,16)13(2)3/h5-8,11,14H,4,9H2,1-3H3. The fourth-order valence-electron chi connectivity index (χ4n) is 1.42. The first-order chi connectivity index (χ1) is 7.87. The summed E-state index contributed by atoms with van der Waals surface area (Å²) in [5.41, 5.74) is 0.942. The Hall–Kier alpha value is -0.910. The lowest BCUT2D eigenvalue weighted by Gasteiger charge is -2.12. The first kappa shape index (κ1) is 14.2. The van der Waals surface area contributed by atoms with Crippen LogP contribution in [0, 0.1) is 0 Å². The maximum absolute atomic E-state index is 11.8. The first-order valence-corrected chi connectivity index (χ1v) is 7.01. The molecule has 1 aromatic rings. The molecule has 1 unspecified atom stereocenters. The summed E-state index contributed by atoms with van der Waals surface area (Å²) >= 11 is 0. The number of aliphatic hydroxyl groups is 1. The summed E-state index contributed by atoms with van der Waals surface area (Å²) in [5.74, 6) is 0. The molecule has 0 fully saturated rings. The molecule has 1 atom stereocenters. The third kappa shape index (κ3) is 3.52. The van der Waals surface area contributed by atoms with Crippen LogP contribution < -0.4 is 0 Å². The van der Waals surface area contributed by atoms with Crippen molar-refractivity contribution in [3.8, 4) is 0 Å². The Balaban J connectivity index is 2.89. The van der Waals surface area contributed by atoms with E-state index >= 15 is 0 Å². The van der Waals surface area contributed by atoms with Crippen LogP contribution in [0.1, 0.15) is 18.9 Å². The Morgan fingerprint density at radius 2 is 1.76 bits per heavy atom. The van der Waals surface area contributed by atoms with Gasteiger partial charge >= 0.3 is 0 Å². The van der Waals surface area contributed by atoms with Crippen molar-refractivity contribution in [2.75, 3.05) is 14.1 Å². The number of sulfonamides is 1. The monoisotopic (exact) mass is 257 g/mol. The molecule has 4 nitrogen and oxygen atoms in total. The van der Waals surface area contributed by atoms with Crippen LogP contribution in [0.25, 0.3) is 0 Å². The van der Waals surface area contributed by atoms with Crippen LogP contribution >= 0.6 is 0 Å². The van der Waals surface area contributed by atoms with Crippen molar-refractivity contribution in [1.82, 2.24) is 4.31 Å². The lowest BCUT2D eigenvalue weighted by Crippen LogP contribution is -2.22. The largest absolute Gasteiger partial charge is 0.393 e. The molecule has 17 heavy (non-hydrogen) atoms.